The summed E-state index contributed by atoms with van der Waals surface area (Å²) in [5, 5.41) is 33.1. The van der Waals surface area contributed by atoms with Crippen LogP contribution in [0.4, 0.5) is 0 Å². The number of aliphatic hydroxyl groups is 3. The Morgan fingerprint density at radius 3 is 2.70 bits per heavy atom. The molecule has 3 rings (SSSR count). The molecular weight excluding hydrogens is 318 g/mol. The van der Waals surface area contributed by atoms with Crippen LogP contribution in [-0.2, 0) is 4.74 Å². The number of hydrogen-bond donors (Lipinski definition) is 4. The Hall–Kier alpha value is -1.51. The number of hydrogen-bond acceptors (Lipinski definition) is 6. The number of ether oxygens (including phenoxy) is 1. The van der Waals surface area contributed by atoms with Crippen molar-refractivity contribution in [3.63, 3.8) is 0 Å². The normalized spacial score (nSPS) is 31.2. The van der Waals surface area contributed by atoms with Crippen LogP contribution >= 0.6 is 11.3 Å². The molecule has 0 radical (unpaired) electrons. The third-order valence-electron chi connectivity index (χ3n) is 4.06. The first-order valence-corrected chi connectivity index (χ1v) is 8.25. The van der Waals surface area contributed by atoms with Crippen LogP contribution in [-0.4, -0.2) is 58.3 Å². The van der Waals surface area contributed by atoms with Crippen LogP contribution in [0.5, 0.6) is 0 Å². The highest BCUT2D eigenvalue weighted by Gasteiger charge is 2.41. The number of carbonyl (C=O) groups is 1. The molecule has 1 amide bonds. The fourth-order valence-corrected chi connectivity index (χ4v) is 3.66. The number of rotatable bonds is 3. The highest BCUT2D eigenvalue weighted by atomic mass is 32.1. The van der Waals surface area contributed by atoms with Crippen LogP contribution < -0.4 is 5.32 Å². The molecule has 0 bridgehead atoms. The molecule has 1 aliphatic rings. The van der Waals surface area contributed by atoms with Crippen LogP contribution in [0.2, 0.25) is 0 Å². The fraction of sp³-hybridized carbons (Fsp3) is 0.438. The Balaban J connectivity index is 1.64. The van der Waals surface area contributed by atoms with Crippen LogP contribution in [0, 0.1) is 0 Å². The number of aliphatic hydroxyl groups excluding tert-OH is 3. The number of amides is 1. The van der Waals surface area contributed by atoms with Crippen molar-refractivity contribution in [2.75, 3.05) is 6.54 Å². The Kier molecular flexibility index (Phi) is 4.65. The molecule has 23 heavy (non-hydrogen) atoms. The number of fused-ring (bicyclic) bond motifs is 1. The van der Waals surface area contributed by atoms with Gasteiger partial charge in [0.2, 0.25) is 0 Å². The van der Waals surface area contributed by atoms with E-state index < -0.39 is 30.5 Å². The summed E-state index contributed by atoms with van der Waals surface area (Å²) in [6, 6.07) is 9.53. The average Bonchev–Trinajstić information content (AvgIpc) is 2.99. The van der Waals surface area contributed by atoms with E-state index in [0.717, 1.165) is 10.1 Å². The Morgan fingerprint density at radius 2 is 1.96 bits per heavy atom. The predicted molar refractivity (Wildman–Crippen MR) is 86.5 cm³/mol. The van der Waals surface area contributed by atoms with Crippen molar-refractivity contribution in [2.24, 2.45) is 0 Å². The second kappa shape index (κ2) is 6.54. The zero-order valence-corrected chi connectivity index (χ0v) is 13.4. The van der Waals surface area contributed by atoms with Gasteiger partial charge in [-0.25, -0.2) is 0 Å². The van der Waals surface area contributed by atoms with E-state index >= 15 is 0 Å². The third-order valence-corrected chi connectivity index (χ3v) is 5.18. The van der Waals surface area contributed by atoms with E-state index in [1.807, 2.05) is 30.3 Å². The van der Waals surface area contributed by atoms with Crippen LogP contribution in [0.3, 0.4) is 0 Å². The van der Waals surface area contributed by atoms with Gasteiger partial charge >= 0.3 is 0 Å². The molecule has 7 heteroatoms. The monoisotopic (exact) mass is 337 g/mol. The van der Waals surface area contributed by atoms with E-state index in [0.29, 0.717) is 4.88 Å². The molecule has 6 nitrogen and oxygen atoms in total. The number of nitrogens with one attached hydrogen (secondary N) is 1. The van der Waals surface area contributed by atoms with E-state index in [1.54, 1.807) is 6.92 Å². The number of benzene rings is 1. The van der Waals surface area contributed by atoms with Gasteiger partial charge in [-0.3, -0.25) is 4.79 Å². The van der Waals surface area contributed by atoms with E-state index in [4.69, 9.17) is 4.74 Å². The van der Waals surface area contributed by atoms with Gasteiger partial charge in [0.1, 0.15) is 24.4 Å². The predicted octanol–water partition coefficient (Wildman–Crippen LogP) is 0.501. The summed E-state index contributed by atoms with van der Waals surface area (Å²) in [6.45, 7) is 1.67. The minimum Gasteiger partial charge on any atom is -0.388 e. The smallest absolute Gasteiger partial charge is 0.261 e. The molecule has 2 aromatic rings. The summed E-state index contributed by atoms with van der Waals surface area (Å²) < 4.78 is 6.48. The molecule has 0 saturated carbocycles. The van der Waals surface area contributed by atoms with E-state index in [9.17, 15) is 20.1 Å². The van der Waals surface area contributed by atoms with Gasteiger partial charge in [0.05, 0.1) is 11.0 Å². The zero-order chi connectivity index (χ0) is 16.6. The first-order chi connectivity index (χ1) is 11.0. The Bertz CT molecular complexity index is 670. The lowest BCUT2D eigenvalue weighted by Gasteiger charge is -2.39. The summed E-state index contributed by atoms with van der Waals surface area (Å²) in [6.07, 6.45) is -5.05. The summed E-state index contributed by atoms with van der Waals surface area (Å²) in [7, 11) is 0. The Labute approximate surface area is 137 Å². The van der Waals surface area contributed by atoms with E-state index in [2.05, 4.69) is 5.32 Å². The summed E-state index contributed by atoms with van der Waals surface area (Å²) in [5.41, 5.74) is 0. The highest BCUT2D eigenvalue weighted by molar-refractivity contribution is 7.20. The van der Waals surface area contributed by atoms with Gasteiger partial charge in [-0.05, 0) is 24.4 Å². The van der Waals surface area contributed by atoms with Crippen molar-refractivity contribution in [1.29, 1.82) is 0 Å². The van der Waals surface area contributed by atoms with Gasteiger partial charge in [-0.2, -0.15) is 0 Å². The van der Waals surface area contributed by atoms with Crippen LogP contribution in [0.15, 0.2) is 30.3 Å². The highest BCUT2D eigenvalue weighted by Crippen LogP contribution is 2.25. The standard InChI is InChI=1S/C16H19NO5S/c1-8-13(18)15(20)14(19)10(22-8)7-17-16(21)12-6-9-4-2-3-5-11(9)23-12/h2-6,8,10,13-15,18-20H,7H2,1H3,(H,17,21). The molecule has 1 aliphatic heterocycles. The second-order valence-electron chi connectivity index (χ2n) is 5.71. The lowest BCUT2D eigenvalue weighted by molar-refractivity contribution is -0.214. The lowest BCUT2D eigenvalue weighted by Crippen LogP contribution is -2.59. The van der Waals surface area contributed by atoms with Crippen molar-refractivity contribution in [1.82, 2.24) is 5.32 Å². The maximum atomic E-state index is 12.2. The largest absolute Gasteiger partial charge is 0.388 e. The first kappa shape index (κ1) is 16.4. The van der Waals surface area contributed by atoms with E-state index in [1.165, 1.54) is 11.3 Å². The minimum absolute atomic E-state index is 0.0579. The van der Waals surface area contributed by atoms with Crippen molar-refractivity contribution in [2.45, 2.75) is 37.4 Å². The fourth-order valence-electron chi connectivity index (χ4n) is 2.68. The lowest BCUT2D eigenvalue weighted by atomic mass is 9.95. The molecule has 0 aliphatic carbocycles. The molecule has 5 unspecified atom stereocenters. The summed E-state index contributed by atoms with van der Waals surface area (Å²) in [5.74, 6) is -0.254. The van der Waals surface area contributed by atoms with Crippen molar-refractivity contribution in [3.8, 4) is 0 Å². The molecule has 1 aromatic carbocycles. The quantitative estimate of drug-likeness (QED) is 0.654. The molecule has 124 valence electrons. The molecule has 1 fully saturated rings. The zero-order valence-electron chi connectivity index (χ0n) is 12.5. The van der Waals surface area contributed by atoms with Gasteiger partial charge < -0.3 is 25.4 Å². The van der Waals surface area contributed by atoms with Gasteiger partial charge in [0, 0.05) is 11.2 Å². The van der Waals surface area contributed by atoms with Crippen molar-refractivity contribution >= 4 is 27.3 Å². The summed E-state index contributed by atoms with van der Waals surface area (Å²) >= 11 is 1.39. The van der Waals surface area contributed by atoms with Crippen molar-refractivity contribution < 1.29 is 24.9 Å². The van der Waals surface area contributed by atoms with Crippen LogP contribution in [0.25, 0.3) is 10.1 Å². The van der Waals surface area contributed by atoms with E-state index in [-0.39, 0.29) is 12.5 Å². The van der Waals surface area contributed by atoms with Crippen LogP contribution in [0.1, 0.15) is 16.6 Å². The van der Waals surface area contributed by atoms with Gasteiger partial charge in [0.15, 0.2) is 0 Å². The molecule has 4 N–H and O–H groups in total. The minimum atomic E-state index is -1.29. The second-order valence-corrected chi connectivity index (χ2v) is 6.79. The number of carbonyl (C=O) groups excluding carboxylic acids is 1. The topological polar surface area (TPSA) is 99.0 Å². The van der Waals surface area contributed by atoms with Crippen molar-refractivity contribution in [3.05, 3.63) is 35.2 Å². The SMILES string of the molecule is CC1OC(CNC(=O)c2cc3ccccc3s2)C(O)C(O)C1O. The molecule has 5 atom stereocenters. The molecule has 1 saturated heterocycles. The molecular formula is C16H19NO5S. The summed E-state index contributed by atoms with van der Waals surface area (Å²) in [4.78, 5) is 12.8. The van der Waals surface area contributed by atoms with Gasteiger partial charge in [-0.1, -0.05) is 18.2 Å². The van der Waals surface area contributed by atoms with Gasteiger partial charge in [-0.15, -0.1) is 11.3 Å². The third kappa shape index (κ3) is 3.24. The molecule has 0 spiro atoms. The van der Waals surface area contributed by atoms with Gasteiger partial charge in [0.25, 0.3) is 5.91 Å². The maximum Gasteiger partial charge on any atom is 0.261 e. The maximum absolute atomic E-state index is 12.2. The first-order valence-electron chi connectivity index (χ1n) is 7.44. The molecule has 1 aromatic heterocycles. The molecule has 2 heterocycles. The average molecular weight is 337 g/mol. The number of thiophene rings is 1. The Morgan fingerprint density at radius 1 is 1.22 bits per heavy atom.